The SMILES string of the molecule is O=C(Cn1nnc2ccccc2c1=O)NCc1cc(Br)ccc1OC(F)F. The van der Waals surface area contributed by atoms with E-state index in [1.807, 2.05) is 0 Å². The Morgan fingerprint density at radius 1 is 1.26 bits per heavy atom. The molecule has 140 valence electrons. The zero-order valence-electron chi connectivity index (χ0n) is 13.7. The third-order valence-corrected chi connectivity index (χ3v) is 4.13. The Hall–Kier alpha value is -2.88. The predicted octanol–water partition coefficient (Wildman–Crippen LogP) is 2.47. The van der Waals surface area contributed by atoms with E-state index in [-0.39, 0.29) is 18.8 Å². The molecule has 1 N–H and O–H groups in total. The van der Waals surface area contributed by atoms with Crippen LogP contribution in [0.4, 0.5) is 8.78 Å². The van der Waals surface area contributed by atoms with Crippen molar-refractivity contribution in [1.29, 1.82) is 0 Å². The molecule has 0 aliphatic carbocycles. The van der Waals surface area contributed by atoms with Crippen molar-refractivity contribution >= 4 is 32.7 Å². The van der Waals surface area contributed by atoms with Crippen LogP contribution < -0.4 is 15.6 Å². The smallest absolute Gasteiger partial charge is 0.387 e. The first-order chi connectivity index (χ1) is 12.9. The number of rotatable bonds is 6. The molecule has 0 fully saturated rings. The van der Waals surface area contributed by atoms with Gasteiger partial charge in [0.15, 0.2) is 0 Å². The zero-order chi connectivity index (χ0) is 19.4. The largest absolute Gasteiger partial charge is 0.434 e. The molecule has 3 aromatic rings. The number of carbonyl (C=O) groups excluding carboxylic acids is 1. The number of halogens is 3. The molecule has 0 unspecified atom stereocenters. The van der Waals surface area contributed by atoms with E-state index in [1.165, 1.54) is 6.07 Å². The van der Waals surface area contributed by atoms with Gasteiger partial charge in [0.25, 0.3) is 5.56 Å². The summed E-state index contributed by atoms with van der Waals surface area (Å²) < 4.78 is 31.0. The van der Waals surface area contributed by atoms with Crippen molar-refractivity contribution in [3.8, 4) is 5.75 Å². The molecular weight excluding hydrogens is 426 g/mol. The van der Waals surface area contributed by atoms with Gasteiger partial charge in [0.1, 0.15) is 17.8 Å². The summed E-state index contributed by atoms with van der Waals surface area (Å²) >= 11 is 3.24. The second-order valence-electron chi connectivity index (χ2n) is 5.48. The van der Waals surface area contributed by atoms with E-state index in [4.69, 9.17) is 0 Å². The van der Waals surface area contributed by atoms with Gasteiger partial charge >= 0.3 is 6.61 Å². The molecule has 1 heterocycles. The minimum Gasteiger partial charge on any atom is -0.434 e. The first-order valence-electron chi connectivity index (χ1n) is 7.76. The number of fused-ring (bicyclic) bond motifs is 1. The molecule has 27 heavy (non-hydrogen) atoms. The molecule has 0 spiro atoms. The van der Waals surface area contributed by atoms with Gasteiger partial charge < -0.3 is 10.1 Å². The van der Waals surface area contributed by atoms with E-state index < -0.39 is 18.1 Å². The maximum absolute atomic E-state index is 12.5. The van der Waals surface area contributed by atoms with Gasteiger partial charge in [0, 0.05) is 16.6 Å². The van der Waals surface area contributed by atoms with Gasteiger partial charge in [-0.25, -0.2) is 4.68 Å². The lowest BCUT2D eigenvalue weighted by Crippen LogP contribution is -2.34. The molecule has 0 saturated carbocycles. The standard InChI is InChI=1S/C17H13BrF2N4O3/c18-11-5-6-14(27-17(19)20)10(7-11)8-21-15(25)9-24-16(26)12-3-1-2-4-13(12)22-23-24/h1-7,17H,8-9H2,(H,21,25). The molecule has 7 nitrogen and oxygen atoms in total. The fraction of sp³-hybridized carbons (Fsp3) is 0.176. The summed E-state index contributed by atoms with van der Waals surface area (Å²) in [5.74, 6) is -0.569. The number of carbonyl (C=O) groups is 1. The Bertz CT molecular complexity index is 1040. The molecule has 0 radical (unpaired) electrons. The molecule has 1 aromatic heterocycles. The average Bonchev–Trinajstić information content (AvgIpc) is 2.64. The molecule has 0 bridgehead atoms. The van der Waals surface area contributed by atoms with E-state index >= 15 is 0 Å². The first-order valence-corrected chi connectivity index (χ1v) is 8.56. The fourth-order valence-electron chi connectivity index (χ4n) is 2.41. The molecule has 0 aliphatic rings. The van der Waals surface area contributed by atoms with Crippen molar-refractivity contribution < 1.29 is 18.3 Å². The van der Waals surface area contributed by atoms with Crippen LogP contribution in [0.25, 0.3) is 10.9 Å². The van der Waals surface area contributed by atoms with Crippen LogP contribution in [0.2, 0.25) is 0 Å². The van der Waals surface area contributed by atoms with Gasteiger partial charge in [-0.1, -0.05) is 33.3 Å². The zero-order valence-corrected chi connectivity index (χ0v) is 15.3. The summed E-state index contributed by atoms with van der Waals surface area (Å²) in [6.07, 6.45) is 0. The third-order valence-electron chi connectivity index (χ3n) is 3.64. The van der Waals surface area contributed by atoms with Crippen molar-refractivity contribution in [2.75, 3.05) is 0 Å². The van der Waals surface area contributed by atoms with Crippen LogP contribution in [-0.4, -0.2) is 27.5 Å². The number of benzene rings is 2. The van der Waals surface area contributed by atoms with Crippen LogP contribution in [0.5, 0.6) is 5.75 Å². The Labute approximate surface area is 160 Å². The monoisotopic (exact) mass is 438 g/mol. The molecule has 0 saturated heterocycles. The summed E-state index contributed by atoms with van der Waals surface area (Å²) in [4.78, 5) is 24.5. The summed E-state index contributed by atoms with van der Waals surface area (Å²) in [6.45, 7) is -3.39. The van der Waals surface area contributed by atoms with Crippen LogP contribution in [0.15, 0.2) is 51.7 Å². The van der Waals surface area contributed by atoms with Crippen molar-refractivity contribution in [2.24, 2.45) is 0 Å². The Morgan fingerprint density at radius 3 is 2.81 bits per heavy atom. The molecular formula is C17H13BrF2N4O3. The fourth-order valence-corrected chi connectivity index (χ4v) is 2.82. The van der Waals surface area contributed by atoms with Crippen molar-refractivity contribution in [2.45, 2.75) is 19.7 Å². The Morgan fingerprint density at radius 2 is 2.04 bits per heavy atom. The lowest BCUT2D eigenvalue weighted by molar-refractivity contribution is -0.122. The predicted molar refractivity (Wildman–Crippen MR) is 96.4 cm³/mol. The van der Waals surface area contributed by atoms with E-state index in [2.05, 4.69) is 36.3 Å². The average molecular weight is 439 g/mol. The van der Waals surface area contributed by atoms with Gasteiger partial charge in [0.2, 0.25) is 5.91 Å². The van der Waals surface area contributed by atoms with Crippen molar-refractivity contribution in [1.82, 2.24) is 20.3 Å². The number of nitrogens with one attached hydrogen (secondary N) is 1. The minimum atomic E-state index is -2.98. The Balaban J connectivity index is 1.71. The highest BCUT2D eigenvalue weighted by Gasteiger charge is 2.13. The van der Waals surface area contributed by atoms with Crippen molar-refractivity contribution in [3.05, 3.63) is 62.9 Å². The second-order valence-corrected chi connectivity index (χ2v) is 6.39. The quantitative estimate of drug-likeness (QED) is 0.638. The molecule has 0 atom stereocenters. The van der Waals surface area contributed by atoms with Crippen LogP contribution in [0.1, 0.15) is 5.56 Å². The van der Waals surface area contributed by atoms with E-state index in [1.54, 1.807) is 36.4 Å². The van der Waals surface area contributed by atoms with Crippen LogP contribution in [-0.2, 0) is 17.9 Å². The van der Waals surface area contributed by atoms with Gasteiger partial charge in [0.05, 0.1) is 5.39 Å². The van der Waals surface area contributed by atoms with Crippen molar-refractivity contribution in [3.63, 3.8) is 0 Å². The maximum atomic E-state index is 12.5. The number of amides is 1. The highest BCUT2D eigenvalue weighted by atomic mass is 79.9. The van der Waals surface area contributed by atoms with Crippen LogP contribution >= 0.6 is 15.9 Å². The van der Waals surface area contributed by atoms with E-state index in [0.717, 1.165) is 4.68 Å². The van der Waals surface area contributed by atoms with Gasteiger partial charge in [-0.3, -0.25) is 9.59 Å². The molecule has 3 rings (SSSR count). The van der Waals surface area contributed by atoms with Gasteiger partial charge in [-0.2, -0.15) is 8.78 Å². The lowest BCUT2D eigenvalue weighted by Gasteiger charge is -2.12. The highest BCUT2D eigenvalue weighted by molar-refractivity contribution is 9.10. The first kappa shape index (κ1) is 18.9. The van der Waals surface area contributed by atoms with Crippen LogP contribution in [0.3, 0.4) is 0 Å². The molecule has 0 aliphatic heterocycles. The normalized spacial score (nSPS) is 11.0. The second kappa shape index (κ2) is 8.21. The van der Waals surface area contributed by atoms with E-state index in [0.29, 0.717) is 20.9 Å². The highest BCUT2D eigenvalue weighted by Crippen LogP contribution is 2.24. The third kappa shape index (κ3) is 4.64. The summed E-state index contributed by atoms with van der Waals surface area (Å²) in [5, 5.41) is 10.5. The number of ether oxygens (including phenoxy) is 1. The van der Waals surface area contributed by atoms with E-state index in [9.17, 15) is 18.4 Å². The van der Waals surface area contributed by atoms with Gasteiger partial charge in [-0.05, 0) is 30.3 Å². The van der Waals surface area contributed by atoms with Gasteiger partial charge in [-0.15, -0.1) is 5.10 Å². The molecule has 2 aromatic carbocycles. The summed E-state index contributed by atoms with van der Waals surface area (Å²) in [5.41, 5.74) is 0.344. The summed E-state index contributed by atoms with van der Waals surface area (Å²) in [7, 11) is 0. The minimum absolute atomic E-state index is 0.0452. The number of nitrogens with zero attached hydrogens (tertiary/aromatic N) is 3. The molecule has 10 heteroatoms. The lowest BCUT2D eigenvalue weighted by atomic mass is 10.2. The number of hydrogen-bond acceptors (Lipinski definition) is 5. The topological polar surface area (TPSA) is 86.1 Å². The maximum Gasteiger partial charge on any atom is 0.387 e. The number of alkyl halides is 2. The number of aromatic nitrogens is 3. The van der Waals surface area contributed by atoms with Crippen LogP contribution in [0, 0.1) is 0 Å². The number of hydrogen-bond donors (Lipinski definition) is 1. The Kier molecular flexibility index (Phi) is 5.75. The summed E-state index contributed by atoms with van der Waals surface area (Å²) in [6, 6.07) is 11.1. The molecule has 1 amide bonds.